The number of guanidine groups is 1. The number of aromatic nitrogens is 9. The van der Waals surface area contributed by atoms with Crippen LogP contribution in [0.3, 0.4) is 0 Å². The summed E-state index contributed by atoms with van der Waals surface area (Å²) in [7, 11) is 0. The molecule has 0 spiro atoms. The number of rotatable bonds is 27. The molecule has 2 aliphatic rings. The Bertz CT molecular complexity index is 1910. The number of carbonyl (C=O) groups is 2. The molecule has 2 aliphatic heterocycles. The maximum atomic E-state index is 14.1. The van der Waals surface area contributed by atoms with Crippen molar-refractivity contribution in [1.82, 2.24) is 54.7 Å². The number of amides is 2. The van der Waals surface area contributed by atoms with Crippen LogP contribution < -0.4 is 32.3 Å². The molecule has 2 amide bonds. The minimum Gasteiger partial charge on any atom is -0.377 e. The van der Waals surface area contributed by atoms with Crippen LogP contribution in [-0.2, 0) is 43.2 Å². The summed E-state index contributed by atoms with van der Waals surface area (Å²) in [5.41, 5.74) is 18.1. The molecule has 0 unspecified atom stereocenters. The topological polar surface area (TPSA) is 277 Å². The Hall–Kier alpha value is -5.41. The Morgan fingerprint density at radius 1 is 0.828 bits per heavy atom. The van der Waals surface area contributed by atoms with Gasteiger partial charge in [0, 0.05) is 77.8 Å². The second-order valence-electron chi connectivity index (χ2n) is 15.4. The van der Waals surface area contributed by atoms with Crippen molar-refractivity contribution in [2.45, 2.75) is 65.0 Å². The number of terminal acetylenes is 1. The Morgan fingerprint density at radius 2 is 1.44 bits per heavy atom. The molecule has 64 heavy (non-hydrogen) atoms. The second kappa shape index (κ2) is 27.7. The Balaban J connectivity index is 0.00000898. The van der Waals surface area contributed by atoms with E-state index in [1.807, 2.05) is 16.0 Å². The lowest BCUT2D eigenvalue weighted by Gasteiger charge is -2.38. The molecule has 0 aliphatic carbocycles. The average molecular weight is 916 g/mol. The zero-order valence-electron chi connectivity index (χ0n) is 37.3. The highest BCUT2D eigenvalue weighted by molar-refractivity contribution is 5.85. The number of halogens is 1. The molecule has 7 N–H and O–H groups in total. The lowest BCUT2D eigenvalue weighted by molar-refractivity contribution is -0.137. The Kier molecular flexibility index (Phi) is 22.2. The van der Waals surface area contributed by atoms with Crippen LogP contribution in [0.15, 0.2) is 17.4 Å². The number of hydrogen-bond donors (Lipinski definition) is 4. The summed E-state index contributed by atoms with van der Waals surface area (Å²) in [4.78, 5) is 53.8. The summed E-state index contributed by atoms with van der Waals surface area (Å²) in [6.45, 7) is 12.3. The molecule has 0 bridgehead atoms. The molecule has 2 atom stereocenters. The zero-order valence-corrected chi connectivity index (χ0v) is 38.1. The fraction of sp³-hybridized carbons (Fsp3) is 0.700. The smallest absolute Gasteiger partial charge is 0.247 e. The standard InChI is InChI=1S/C40H66N18O5.ClH/c1-4-22-61-24-26-63-27-25-62-23-13-45-38-46-39(55-18-14-53(15-19-55)34(59)30-57-28-32(49-51-57)10-8-12-44-37(42)43)48-40(47-38)56-20-16-54(17-21-56)36(60)35(31(3)5-2)58-29-33(50-52-58)9-6-7-11-41;/h1,28-29,31,35H,5-27,30,41H2,2-3H3,(H4,42,43,44)(H,45,46,47,48);1H/t31-,35-;/m0./s1. The number of unbranched alkanes of at least 4 members (excludes halogenated alkanes) is 1. The molecule has 2 saturated heterocycles. The number of hydrogen-bond acceptors (Lipinski definition) is 17. The van der Waals surface area contributed by atoms with Crippen molar-refractivity contribution in [2.75, 3.05) is 127 Å². The quantitative estimate of drug-likeness (QED) is 0.0320. The highest BCUT2D eigenvalue weighted by atomic mass is 35.5. The SMILES string of the molecule is C#CCOCCOCCOCCNc1nc(N2CCN(C(=O)Cn3cc(CCCN=C(N)N)nn3)CC2)nc(N2CCN(C(=O)[C@H]([C@@H](C)CC)n3cc(CCCCN)nn3)CC2)n1.Cl. The minimum atomic E-state index is -0.453. The fourth-order valence-corrected chi connectivity index (χ4v) is 7.08. The number of nitrogens with zero attached hydrogens (tertiary/aromatic N) is 14. The summed E-state index contributed by atoms with van der Waals surface area (Å²) in [6.07, 6.45) is 13.7. The predicted octanol–water partition coefficient (Wildman–Crippen LogP) is -0.656. The number of ether oxygens (including phenoxy) is 3. The van der Waals surface area contributed by atoms with Crippen molar-refractivity contribution < 1.29 is 23.8 Å². The van der Waals surface area contributed by atoms with Gasteiger partial charge in [-0.3, -0.25) is 14.6 Å². The van der Waals surface area contributed by atoms with Gasteiger partial charge in [0.2, 0.25) is 29.7 Å². The van der Waals surface area contributed by atoms with Crippen molar-refractivity contribution in [1.29, 1.82) is 0 Å². The van der Waals surface area contributed by atoms with Crippen LogP contribution in [0.4, 0.5) is 17.8 Å². The number of nitrogens with two attached hydrogens (primary N) is 3. The van der Waals surface area contributed by atoms with Crippen molar-refractivity contribution in [3.63, 3.8) is 0 Å². The largest absolute Gasteiger partial charge is 0.377 e. The predicted molar refractivity (Wildman–Crippen MR) is 244 cm³/mol. The van der Waals surface area contributed by atoms with Crippen molar-refractivity contribution in [3.8, 4) is 12.3 Å². The van der Waals surface area contributed by atoms with Crippen molar-refractivity contribution >= 4 is 48.0 Å². The van der Waals surface area contributed by atoms with Gasteiger partial charge in [-0.25, -0.2) is 9.36 Å². The molecular formula is C40H67ClN18O5. The first-order valence-electron chi connectivity index (χ1n) is 22.0. The van der Waals surface area contributed by atoms with Gasteiger partial charge in [-0.1, -0.05) is 36.6 Å². The molecule has 0 saturated carbocycles. The van der Waals surface area contributed by atoms with Gasteiger partial charge in [-0.05, 0) is 44.6 Å². The minimum absolute atomic E-state index is 0. The van der Waals surface area contributed by atoms with Crippen LogP contribution in [0, 0.1) is 18.3 Å². The number of carbonyl (C=O) groups excluding carboxylic acids is 2. The van der Waals surface area contributed by atoms with E-state index in [-0.39, 0.29) is 49.3 Å². The van der Waals surface area contributed by atoms with Crippen LogP contribution in [0.25, 0.3) is 0 Å². The maximum absolute atomic E-state index is 14.1. The van der Waals surface area contributed by atoms with E-state index >= 15 is 0 Å². The van der Waals surface area contributed by atoms with E-state index in [0.29, 0.717) is 136 Å². The monoisotopic (exact) mass is 915 g/mol. The highest BCUT2D eigenvalue weighted by Gasteiger charge is 2.34. The van der Waals surface area contributed by atoms with Crippen molar-refractivity contribution in [2.24, 2.45) is 28.1 Å². The second-order valence-corrected chi connectivity index (χ2v) is 15.4. The molecule has 354 valence electrons. The highest BCUT2D eigenvalue weighted by Crippen LogP contribution is 2.26. The third kappa shape index (κ3) is 16.3. The first kappa shape index (κ1) is 51.2. The Morgan fingerprint density at radius 3 is 2.08 bits per heavy atom. The van der Waals surface area contributed by atoms with Crippen LogP contribution >= 0.6 is 12.4 Å². The molecule has 3 aromatic heterocycles. The first-order valence-corrected chi connectivity index (χ1v) is 22.0. The van der Waals surface area contributed by atoms with Crippen molar-refractivity contribution in [3.05, 3.63) is 23.8 Å². The number of aryl methyl sites for hydroxylation is 2. The molecule has 3 aromatic rings. The molecule has 23 nitrogen and oxygen atoms in total. The van der Waals surface area contributed by atoms with Crippen LogP contribution in [-0.4, -0.2) is 184 Å². The van der Waals surface area contributed by atoms with Gasteiger partial charge in [0.1, 0.15) is 19.2 Å². The molecule has 2 fully saturated rings. The van der Waals surface area contributed by atoms with Gasteiger partial charge in [0.05, 0.1) is 44.4 Å². The fourth-order valence-electron chi connectivity index (χ4n) is 7.08. The van der Waals surface area contributed by atoms with E-state index in [1.54, 1.807) is 15.6 Å². The van der Waals surface area contributed by atoms with Crippen LogP contribution in [0.1, 0.15) is 57.0 Å². The van der Waals surface area contributed by atoms with Crippen LogP contribution in [0.2, 0.25) is 0 Å². The van der Waals surface area contributed by atoms with E-state index in [1.165, 1.54) is 0 Å². The summed E-state index contributed by atoms with van der Waals surface area (Å²) in [5.74, 6) is 3.93. The third-order valence-electron chi connectivity index (χ3n) is 10.8. The van der Waals surface area contributed by atoms with Crippen LogP contribution in [0.5, 0.6) is 0 Å². The van der Waals surface area contributed by atoms with Gasteiger partial charge in [0.25, 0.3) is 0 Å². The van der Waals surface area contributed by atoms with E-state index in [4.69, 9.17) is 52.8 Å². The molecule has 0 aromatic carbocycles. The summed E-state index contributed by atoms with van der Waals surface area (Å²) < 4.78 is 19.8. The Labute approximate surface area is 381 Å². The zero-order chi connectivity index (χ0) is 44.8. The van der Waals surface area contributed by atoms with E-state index in [0.717, 1.165) is 37.1 Å². The number of piperazine rings is 2. The molecule has 5 rings (SSSR count). The van der Waals surface area contributed by atoms with Gasteiger partial charge in [-0.2, -0.15) is 15.0 Å². The molecular weight excluding hydrogens is 848 g/mol. The summed E-state index contributed by atoms with van der Waals surface area (Å²) >= 11 is 0. The molecule has 24 heteroatoms. The maximum Gasteiger partial charge on any atom is 0.247 e. The third-order valence-corrected chi connectivity index (χ3v) is 10.8. The van der Waals surface area contributed by atoms with E-state index in [2.05, 4.69) is 60.5 Å². The van der Waals surface area contributed by atoms with E-state index in [9.17, 15) is 9.59 Å². The number of nitrogens with one attached hydrogen (secondary N) is 1. The van der Waals surface area contributed by atoms with Gasteiger partial charge in [-0.15, -0.1) is 29.0 Å². The summed E-state index contributed by atoms with van der Waals surface area (Å²) in [6, 6.07) is -0.453. The number of aliphatic imine (C=N–C) groups is 1. The van der Waals surface area contributed by atoms with E-state index < -0.39 is 6.04 Å². The summed E-state index contributed by atoms with van der Waals surface area (Å²) in [5, 5.41) is 20.4. The van der Waals surface area contributed by atoms with Gasteiger partial charge in [0.15, 0.2) is 5.96 Å². The van der Waals surface area contributed by atoms with Gasteiger partial charge < -0.3 is 56.3 Å². The normalized spacial score (nSPS) is 15.0. The molecule has 0 radical (unpaired) electrons. The lowest BCUT2D eigenvalue weighted by atomic mass is 9.97. The first-order chi connectivity index (χ1) is 30.7. The van der Waals surface area contributed by atoms with Gasteiger partial charge >= 0.3 is 0 Å². The lowest BCUT2D eigenvalue weighted by Crippen LogP contribution is -2.52. The number of anilines is 3. The average Bonchev–Trinajstić information content (AvgIpc) is 3.96. The molecule has 5 heterocycles.